The molecule has 0 amide bonds. The molecule has 1 aromatic heterocycles. The zero-order valence-electron chi connectivity index (χ0n) is 16.6. The minimum atomic E-state index is -1.26. The Morgan fingerprint density at radius 3 is 2.48 bits per heavy atom. The first-order chi connectivity index (χ1) is 13.7. The molecule has 0 saturated heterocycles. The normalized spacial score (nSPS) is 11.6. The van der Waals surface area contributed by atoms with Crippen molar-refractivity contribution in [2.45, 2.75) is 32.7 Å². The van der Waals surface area contributed by atoms with E-state index >= 15 is 0 Å². The Labute approximate surface area is 168 Å². The number of carboxylic acid groups (broad SMARTS) is 2. The molecule has 1 heterocycles. The van der Waals surface area contributed by atoms with Gasteiger partial charge in [0.15, 0.2) is 11.6 Å². The van der Waals surface area contributed by atoms with Crippen LogP contribution in [-0.2, 0) is 9.59 Å². The van der Waals surface area contributed by atoms with Crippen molar-refractivity contribution in [3.63, 3.8) is 0 Å². The number of halogens is 1. The summed E-state index contributed by atoms with van der Waals surface area (Å²) in [4.78, 5) is 23.4. The van der Waals surface area contributed by atoms with Gasteiger partial charge >= 0.3 is 11.9 Å². The van der Waals surface area contributed by atoms with E-state index in [1.165, 1.54) is 7.11 Å². The van der Waals surface area contributed by atoms with Crippen LogP contribution in [-0.4, -0.2) is 46.8 Å². The molecule has 29 heavy (non-hydrogen) atoms. The SMILES string of the molecule is COc1cc(NC(C)CCCN)c2nccc(C)c2c1F.O=C(O)C=CC(=O)O. The summed E-state index contributed by atoms with van der Waals surface area (Å²) >= 11 is 0. The van der Waals surface area contributed by atoms with Gasteiger partial charge in [-0.3, -0.25) is 4.98 Å². The van der Waals surface area contributed by atoms with E-state index in [1.54, 1.807) is 18.3 Å². The summed E-state index contributed by atoms with van der Waals surface area (Å²) in [5.74, 6) is -2.65. The second-order valence-corrected chi connectivity index (χ2v) is 6.28. The van der Waals surface area contributed by atoms with Crippen molar-refractivity contribution in [1.82, 2.24) is 4.98 Å². The number of nitrogens with zero attached hydrogens (tertiary/aromatic N) is 1. The van der Waals surface area contributed by atoms with E-state index < -0.39 is 11.9 Å². The second kappa shape index (κ2) is 11.6. The van der Waals surface area contributed by atoms with Crippen molar-refractivity contribution in [3.8, 4) is 5.75 Å². The number of aromatic nitrogens is 1. The van der Waals surface area contributed by atoms with Gasteiger partial charge in [-0.05, 0) is 44.9 Å². The van der Waals surface area contributed by atoms with Crippen LogP contribution in [0.25, 0.3) is 10.9 Å². The number of carbonyl (C=O) groups is 2. The lowest BCUT2D eigenvalue weighted by molar-refractivity contribution is -0.134. The van der Waals surface area contributed by atoms with Gasteiger partial charge in [-0.1, -0.05) is 0 Å². The van der Waals surface area contributed by atoms with Gasteiger partial charge in [-0.25, -0.2) is 14.0 Å². The molecule has 0 saturated carbocycles. The number of aryl methyl sites for hydroxylation is 1. The molecule has 0 spiro atoms. The van der Waals surface area contributed by atoms with Crippen LogP contribution < -0.4 is 15.8 Å². The van der Waals surface area contributed by atoms with Crippen molar-refractivity contribution in [2.75, 3.05) is 19.0 Å². The Kier molecular flexibility index (Phi) is 9.54. The van der Waals surface area contributed by atoms with Crippen LogP contribution in [0.3, 0.4) is 0 Å². The topological polar surface area (TPSA) is 135 Å². The molecule has 158 valence electrons. The molecule has 0 aliphatic carbocycles. The maximum atomic E-state index is 14.4. The predicted molar refractivity (Wildman–Crippen MR) is 109 cm³/mol. The van der Waals surface area contributed by atoms with Gasteiger partial charge in [0.05, 0.1) is 18.3 Å². The number of nitrogens with two attached hydrogens (primary N) is 1. The van der Waals surface area contributed by atoms with Gasteiger partial charge in [-0.15, -0.1) is 0 Å². The molecule has 0 fully saturated rings. The molecule has 8 nitrogen and oxygen atoms in total. The Hall–Kier alpha value is -3.20. The van der Waals surface area contributed by atoms with E-state index in [0.717, 1.165) is 24.1 Å². The average molecular weight is 407 g/mol. The molecule has 0 aliphatic rings. The largest absolute Gasteiger partial charge is 0.494 e. The average Bonchev–Trinajstić information content (AvgIpc) is 2.67. The van der Waals surface area contributed by atoms with Crippen LogP contribution in [0, 0.1) is 12.7 Å². The third-order valence-electron chi connectivity index (χ3n) is 3.96. The fourth-order valence-corrected chi connectivity index (χ4v) is 2.59. The van der Waals surface area contributed by atoms with E-state index in [2.05, 4.69) is 17.2 Å². The minimum absolute atomic E-state index is 0.229. The number of rotatable bonds is 8. The Balaban J connectivity index is 0.000000447. The van der Waals surface area contributed by atoms with Gasteiger partial charge in [-0.2, -0.15) is 0 Å². The molecule has 2 rings (SSSR count). The monoisotopic (exact) mass is 407 g/mol. The zero-order chi connectivity index (χ0) is 22.0. The first-order valence-electron chi connectivity index (χ1n) is 8.93. The number of pyridine rings is 1. The standard InChI is InChI=1S/C16H22FN3O.C4H4O4/c1-10-6-8-19-16-12(20-11(2)5-4-7-18)9-13(21-3)15(17)14(10)16;5-3(6)1-2-4(7)8/h6,8-9,11,20H,4-5,7,18H2,1-3H3;1-2H,(H,5,6)(H,7,8). The fraction of sp³-hybridized carbons (Fsp3) is 0.350. The van der Waals surface area contributed by atoms with Crippen molar-refractivity contribution >= 4 is 28.5 Å². The Bertz CT molecular complexity index is 870. The number of carboxylic acids is 2. The highest BCUT2D eigenvalue weighted by Crippen LogP contribution is 2.34. The second-order valence-electron chi connectivity index (χ2n) is 6.28. The smallest absolute Gasteiger partial charge is 0.328 e. The lowest BCUT2D eigenvalue weighted by atomic mass is 10.1. The van der Waals surface area contributed by atoms with E-state index in [4.69, 9.17) is 20.7 Å². The first kappa shape index (κ1) is 23.8. The molecule has 1 unspecified atom stereocenters. The van der Waals surface area contributed by atoms with Gasteiger partial charge in [0, 0.05) is 35.8 Å². The summed E-state index contributed by atoms with van der Waals surface area (Å²) in [6.07, 6.45) is 4.70. The molecule has 2 aromatic rings. The van der Waals surface area contributed by atoms with Crippen LogP contribution in [0.2, 0.25) is 0 Å². The fourth-order valence-electron chi connectivity index (χ4n) is 2.59. The Morgan fingerprint density at radius 1 is 1.34 bits per heavy atom. The van der Waals surface area contributed by atoms with Crippen LogP contribution >= 0.6 is 0 Å². The van der Waals surface area contributed by atoms with E-state index in [9.17, 15) is 14.0 Å². The Morgan fingerprint density at radius 2 is 1.97 bits per heavy atom. The number of hydrogen-bond acceptors (Lipinski definition) is 6. The number of nitrogens with one attached hydrogen (secondary N) is 1. The maximum absolute atomic E-state index is 14.4. The molecule has 5 N–H and O–H groups in total. The summed E-state index contributed by atoms with van der Waals surface area (Å²) in [7, 11) is 1.47. The third kappa shape index (κ3) is 7.38. The maximum Gasteiger partial charge on any atom is 0.328 e. The molecule has 0 radical (unpaired) electrons. The molecule has 1 atom stereocenters. The number of anilines is 1. The molecule has 0 aliphatic heterocycles. The number of methoxy groups -OCH3 is 1. The van der Waals surface area contributed by atoms with Gasteiger partial charge in [0.25, 0.3) is 0 Å². The molecule has 9 heteroatoms. The predicted octanol–water partition coefficient (Wildman–Crippen LogP) is 2.94. The van der Waals surface area contributed by atoms with E-state index in [-0.39, 0.29) is 17.6 Å². The van der Waals surface area contributed by atoms with E-state index in [0.29, 0.717) is 29.6 Å². The quantitative estimate of drug-likeness (QED) is 0.491. The number of benzene rings is 1. The van der Waals surface area contributed by atoms with Crippen LogP contribution in [0.4, 0.5) is 10.1 Å². The number of hydrogen-bond donors (Lipinski definition) is 4. The lowest BCUT2D eigenvalue weighted by Crippen LogP contribution is -2.17. The van der Waals surface area contributed by atoms with Crippen molar-refractivity contribution < 1.29 is 28.9 Å². The molecular weight excluding hydrogens is 381 g/mol. The first-order valence-corrected chi connectivity index (χ1v) is 8.93. The lowest BCUT2D eigenvalue weighted by Gasteiger charge is -2.18. The molecule has 0 bridgehead atoms. The highest BCUT2D eigenvalue weighted by Gasteiger charge is 2.16. The molecular formula is C20H26FN3O5. The van der Waals surface area contributed by atoms with Gasteiger partial charge < -0.3 is 26.0 Å². The minimum Gasteiger partial charge on any atom is -0.494 e. The van der Waals surface area contributed by atoms with Crippen LogP contribution in [0.15, 0.2) is 30.5 Å². The highest BCUT2D eigenvalue weighted by atomic mass is 19.1. The van der Waals surface area contributed by atoms with Gasteiger partial charge in [0.2, 0.25) is 0 Å². The van der Waals surface area contributed by atoms with Crippen molar-refractivity contribution in [2.24, 2.45) is 5.73 Å². The number of ether oxygens (including phenoxy) is 1. The summed E-state index contributed by atoms with van der Waals surface area (Å²) in [6, 6.07) is 3.70. The third-order valence-corrected chi connectivity index (χ3v) is 3.96. The summed E-state index contributed by atoms with van der Waals surface area (Å²) < 4.78 is 19.6. The summed E-state index contributed by atoms with van der Waals surface area (Å²) in [5.41, 5.74) is 7.80. The van der Waals surface area contributed by atoms with Crippen molar-refractivity contribution in [1.29, 1.82) is 0 Å². The summed E-state index contributed by atoms with van der Waals surface area (Å²) in [5, 5.41) is 19.5. The number of aliphatic carboxylic acids is 2. The zero-order valence-corrected chi connectivity index (χ0v) is 16.6. The number of fused-ring (bicyclic) bond motifs is 1. The van der Waals surface area contributed by atoms with Gasteiger partial charge in [0.1, 0.15) is 0 Å². The molecule has 1 aromatic carbocycles. The van der Waals surface area contributed by atoms with Crippen LogP contribution in [0.5, 0.6) is 5.75 Å². The summed E-state index contributed by atoms with van der Waals surface area (Å²) in [6.45, 7) is 4.61. The van der Waals surface area contributed by atoms with E-state index in [1.807, 2.05) is 6.92 Å². The highest BCUT2D eigenvalue weighted by molar-refractivity contribution is 5.94. The van der Waals surface area contributed by atoms with Crippen LogP contribution in [0.1, 0.15) is 25.3 Å². The van der Waals surface area contributed by atoms with Crippen molar-refractivity contribution in [3.05, 3.63) is 41.9 Å².